The second-order valence-electron chi connectivity index (χ2n) is 4.66. The first kappa shape index (κ1) is 16.2. The molecule has 17 heavy (non-hydrogen) atoms. The molecule has 2 N–H and O–H groups in total. The number of ether oxygens (including phenoxy) is 1. The lowest BCUT2D eigenvalue weighted by Gasteiger charge is -2.11. The molecule has 0 atom stereocenters. The van der Waals surface area contributed by atoms with Gasteiger partial charge in [0, 0.05) is 33.9 Å². The molecule has 0 radical (unpaired) electrons. The van der Waals surface area contributed by atoms with Gasteiger partial charge in [0.25, 0.3) is 0 Å². The third-order valence-electron chi connectivity index (χ3n) is 2.54. The van der Waals surface area contributed by atoms with E-state index in [1.807, 2.05) is 0 Å². The molecule has 0 amide bonds. The molecule has 0 heterocycles. The van der Waals surface area contributed by atoms with Crippen molar-refractivity contribution in [2.75, 3.05) is 33.9 Å². The number of rotatable bonds is 9. The van der Waals surface area contributed by atoms with Crippen molar-refractivity contribution in [3.63, 3.8) is 0 Å². The quantitative estimate of drug-likeness (QED) is 0.370. The normalized spacial score (nSPS) is 11.9. The van der Waals surface area contributed by atoms with Gasteiger partial charge < -0.3 is 15.4 Å². The van der Waals surface area contributed by atoms with E-state index in [-0.39, 0.29) is 0 Å². The maximum atomic E-state index is 4.99. The highest BCUT2D eigenvalue weighted by molar-refractivity contribution is 5.79. The molecule has 0 bridgehead atoms. The number of hydrogen-bond acceptors (Lipinski definition) is 2. The van der Waals surface area contributed by atoms with Gasteiger partial charge in [0.05, 0.1) is 0 Å². The summed E-state index contributed by atoms with van der Waals surface area (Å²) in [7, 11) is 3.53. The van der Waals surface area contributed by atoms with Gasteiger partial charge in [-0.15, -0.1) is 0 Å². The summed E-state index contributed by atoms with van der Waals surface area (Å²) < 4.78 is 4.99. The zero-order valence-electron chi connectivity index (χ0n) is 11.9. The Kier molecular flexibility index (Phi) is 11.2. The van der Waals surface area contributed by atoms with Crippen molar-refractivity contribution in [2.45, 2.75) is 39.5 Å². The van der Waals surface area contributed by atoms with Crippen molar-refractivity contribution in [2.24, 2.45) is 10.9 Å². The van der Waals surface area contributed by atoms with Crippen LogP contribution in [-0.2, 0) is 4.74 Å². The van der Waals surface area contributed by atoms with E-state index >= 15 is 0 Å². The minimum absolute atomic E-state index is 0.790. The Hall–Kier alpha value is -0.770. The highest BCUT2D eigenvalue weighted by atomic mass is 16.5. The highest BCUT2D eigenvalue weighted by Crippen LogP contribution is 2.04. The summed E-state index contributed by atoms with van der Waals surface area (Å²) in [5.74, 6) is 1.70. The van der Waals surface area contributed by atoms with Crippen LogP contribution in [0.5, 0.6) is 0 Å². The maximum Gasteiger partial charge on any atom is 0.190 e. The van der Waals surface area contributed by atoms with Crippen molar-refractivity contribution in [1.29, 1.82) is 0 Å². The molecular weight excluding hydrogens is 214 g/mol. The molecule has 0 aromatic carbocycles. The Labute approximate surface area is 106 Å². The van der Waals surface area contributed by atoms with Crippen molar-refractivity contribution in [1.82, 2.24) is 10.6 Å². The average molecular weight is 243 g/mol. The van der Waals surface area contributed by atoms with Gasteiger partial charge in [-0.25, -0.2) is 0 Å². The molecule has 0 aromatic heterocycles. The molecule has 0 fully saturated rings. The van der Waals surface area contributed by atoms with E-state index in [0.29, 0.717) is 0 Å². The Balaban J connectivity index is 3.42. The second kappa shape index (κ2) is 11.7. The van der Waals surface area contributed by atoms with E-state index < -0.39 is 0 Å². The molecular formula is C13H29N3O. The Morgan fingerprint density at radius 3 is 2.29 bits per heavy atom. The zero-order chi connectivity index (χ0) is 12.9. The molecule has 0 aliphatic carbocycles. The lowest BCUT2D eigenvalue weighted by molar-refractivity contribution is 0.195. The van der Waals surface area contributed by atoms with E-state index in [4.69, 9.17) is 4.74 Å². The fraction of sp³-hybridized carbons (Fsp3) is 0.923. The molecule has 0 rings (SSSR count). The van der Waals surface area contributed by atoms with E-state index in [9.17, 15) is 0 Å². The third-order valence-corrected chi connectivity index (χ3v) is 2.54. The molecule has 0 aromatic rings. The van der Waals surface area contributed by atoms with Crippen LogP contribution < -0.4 is 10.6 Å². The predicted octanol–water partition coefficient (Wildman–Crippen LogP) is 2.01. The first-order chi connectivity index (χ1) is 8.20. The molecule has 0 saturated carbocycles. The molecule has 0 aliphatic heterocycles. The van der Waals surface area contributed by atoms with Gasteiger partial charge >= 0.3 is 0 Å². The van der Waals surface area contributed by atoms with Crippen molar-refractivity contribution in [3.8, 4) is 0 Å². The van der Waals surface area contributed by atoms with Gasteiger partial charge in [0.1, 0.15) is 0 Å². The zero-order valence-corrected chi connectivity index (χ0v) is 11.9. The van der Waals surface area contributed by atoms with Crippen LogP contribution in [-0.4, -0.2) is 39.8 Å². The number of nitrogens with zero attached hydrogens (tertiary/aromatic N) is 1. The van der Waals surface area contributed by atoms with Crippen LogP contribution in [0.1, 0.15) is 39.5 Å². The molecule has 4 nitrogen and oxygen atoms in total. The number of hydrogen-bond donors (Lipinski definition) is 2. The summed E-state index contributed by atoms with van der Waals surface area (Å²) in [5, 5.41) is 6.58. The minimum Gasteiger partial charge on any atom is -0.385 e. The van der Waals surface area contributed by atoms with Crippen molar-refractivity contribution >= 4 is 5.96 Å². The molecule has 0 aliphatic rings. The second-order valence-corrected chi connectivity index (χ2v) is 4.66. The minimum atomic E-state index is 0.790. The monoisotopic (exact) mass is 243 g/mol. The Bertz CT molecular complexity index is 193. The third kappa shape index (κ3) is 11.5. The fourth-order valence-corrected chi connectivity index (χ4v) is 1.53. The lowest BCUT2D eigenvalue weighted by Crippen LogP contribution is -2.38. The van der Waals surface area contributed by atoms with Crippen LogP contribution in [0.15, 0.2) is 4.99 Å². The van der Waals surface area contributed by atoms with Crippen LogP contribution in [0.25, 0.3) is 0 Å². The van der Waals surface area contributed by atoms with Crippen LogP contribution in [0.2, 0.25) is 0 Å². The standard InChI is InChI=1S/C13H29N3O/c1-12(2)8-5-6-9-15-13(14-3)16-10-7-11-17-4/h12H,5-11H2,1-4H3,(H2,14,15,16). The van der Waals surface area contributed by atoms with Gasteiger partial charge in [-0.2, -0.15) is 0 Å². The van der Waals surface area contributed by atoms with Gasteiger partial charge in [-0.1, -0.05) is 26.7 Å². The molecule has 0 unspecified atom stereocenters. The van der Waals surface area contributed by atoms with E-state index in [1.165, 1.54) is 19.3 Å². The molecule has 4 heteroatoms. The first-order valence-corrected chi connectivity index (χ1v) is 6.64. The Morgan fingerprint density at radius 1 is 1.12 bits per heavy atom. The molecule has 102 valence electrons. The predicted molar refractivity (Wildman–Crippen MR) is 74.5 cm³/mol. The topological polar surface area (TPSA) is 45.7 Å². The van der Waals surface area contributed by atoms with E-state index in [2.05, 4.69) is 29.5 Å². The van der Waals surface area contributed by atoms with Crippen LogP contribution in [0.3, 0.4) is 0 Å². The number of methoxy groups -OCH3 is 1. The number of aliphatic imine (C=N–C) groups is 1. The fourth-order valence-electron chi connectivity index (χ4n) is 1.53. The van der Waals surface area contributed by atoms with Gasteiger partial charge in [0.2, 0.25) is 0 Å². The summed E-state index contributed by atoms with van der Waals surface area (Å²) in [5.41, 5.74) is 0. The smallest absolute Gasteiger partial charge is 0.190 e. The van der Waals surface area contributed by atoms with E-state index in [1.54, 1.807) is 14.2 Å². The lowest BCUT2D eigenvalue weighted by atomic mass is 10.1. The summed E-state index contributed by atoms with van der Waals surface area (Å²) in [6.07, 6.45) is 4.80. The van der Waals surface area contributed by atoms with Crippen LogP contribution in [0, 0.1) is 5.92 Å². The summed E-state index contributed by atoms with van der Waals surface area (Å²) in [6.45, 7) is 7.22. The van der Waals surface area contributed by atoms with Crippen LogP contribution in [0.4, 0.5) is 0 Å². The summed E-state index contributed by atoms with van der Waals surface area (Å²) in [4.78, 5) is 4.17. The van der Waals surface area contributed by atoms with Gasteiger partial charge in [-0.3, -0.25) is 4.99 Å². The average Bonchev–Trinajstić information content (AvgIpc) is 2.31. The maximum absolute atomic E-state index is 4.99. The van der Waals surface area contributed by atoms with Crippen LogP contribution >= 0.6 is 0 Å². The largest absolute Gasteiger partial charge is 0.385 e. The molecule has 0 saturated heterocycles. The first-order valence-electron chi connectivity index (χ1n) is 6.64. The number of guanidine groups is 1. The summed E-state index contributed by atoms with van der Waals surface area (Å²) >= 11 is 0. The Morgan fingerprint density at radius 2 is 1.76 bits per heavy atom. The van der Waals surface area contributed by atoms with E-state index in [0.717, 1.165) is 38.0 Å². The number of nitrogens with one attached hydrogen (secondary N) is 2. The highest BCUT2D eigenvalue weighted by Gasteiger charge is 1.97. The van der Waals surface area contributed by atoms with Crippen molar-refractivity contribution < 1.29 is 4.74 Å². The van der Waals surface area contributed by atoms with Crippen molar-refractivity contribution in [3.05, 3.63) is 0 Å². The van der Waals surface area contributed by atoms with Gasteiger partial charge in [0.15, 0.2) is 5.96 Å². The number of unbranched alkanes of at least 4 members (excludes halogenated alkanes) is 1. The SMILES string of the molecule is CN=C(NCCCCC(C)C)NCCCOC. The molecule has 0 spiro atoms. The van der Waals surface area contributed by atoms with Gasteiger partial charge in [-0.05, 0) is 18.8 Å². The summed E-state index contributed by atoms with van der Waals surface area (Å²) in [6, 6.07) is 0.